The molecule has 8 nitrogen and oxygen atoms in total. The smallest absolute Gasteiger partial charge is 0.329 e. The Morgan fingerprint density at radius 3 is 2.80 bits per heavy atom. The van der Waals surface area contributed by atoms with Gasteiger partial charge < -0.3 is 9.73 Å². The predicted octanol–water partition coefficient (Wildman–Crippen LogP) is 1.40. The standard InChI is InChI=1S/C11H15N5O3S/c1-3-5-13-9-4-6-12-7-10(9)20(17,18)16-11-15-14-8(2)19-11/h4,6-7H,3,5H2,1-2H3,(H,12,13)(H,15,16). The summed E-state index contributed by atoms with van der Waals surface area (Å²) in [4.78, 5) is 3.87. The number of nitrogens with zero attached hydrogens (tertiary/aromatic N) is 3. The molecule has 108 valence electrons. The van der Waals surface area contributed by atoms with E-state index in [0.29, 0.717) is 12.2 Å². The van der Waals surface area contributed by atoms with Crippen LogP contribution in [-0.4, -0.2) is 30.1 Å². The van der Waals surface area contributed by atoms with Gasteiger partial charge in [0.15, 0.2) is 0 Å². The Bertz CT molecular complexity index is 683. The van der Waals surface area contributed by atoms with Gasteiger partial charge in [-0.2, -0.15) is 0 Å². The summed E-state index contributed by atoms with van der Waals surface area (Å²) in [5.41, 5.74) is 0.477. The molecule has 2 rings (SSSR count). The lowest BCUT2D eigenvalue weighted by Gasteiger charge is -2.11. The van der Waals surface area contributed by atoms with Crippen molar-refractivity contribution in [1.29, 1.82) is 0 Å². The van der Waals surface area contributed by atoms with E-state index < -0.39 is 10.0 Å². The zero-order valence-corrected chi connectivity index (χ0v) is 11.9. The minimum Gasteiger partial charge on any atom is -0.408 e. The van der Waals surface area contributed by atoms with E-state index in [1.807, 2.05) is 6.92 Å². The van der Waals surface area contributed by atoms with Crippen LogP contribution in [0.25, 0.3) is 0 Å². The Morgan fingerprint density at radius 2 is 2.15 bits per heavy atom. The maximum Gasteiger partial charge on any atom is 0.329 e. The first-order chi connectivity index (χ1) is 9.53. The molecule has 0 aliphatic heterocycles. The van der Waals surface area contributed by atoms with E-state index in [4.69, 9.17) is 4.42 Å². The monoisotopic (exact) mass is 297 g/mol. The van der Waals surface area contributed by atoms with Crippen molar-refractivity contribution in [3.63, 3.8) is 0 Å². The Morgan fingerprint density at radius 1 is 1.35 bits per heavy atom. The van der Waals surface area contributed by atoms with Crippen LogP contribution >= 0.6 is 0 Å². The number of sulfonamides is 1. The molecule has 0 unspecified atom stereocenters. The van der Waals surface area contributed by atoms with Crippen LogP contribution in [0.2, 0.25) is 0 Å². The molecule has 0 spiro atoms. The molecule has 2 N–H and O–H groups in total. The Hall–Kier alpha value is -2.16. The molecular weight excluding hydrogens is 282 g/mol. The van der Waals surface area contributed by atoms with E-state index in [-0.39, 0.29) is 16.8 Å². The van der Waals surface area contributed by atoms with Crippen molar-refractivity contribution in [2.45, 2.75) is 25.2 Å². The third-order valence-corrected chi connectivity index (χ3v) is 3.73. The van der Waals surface area contributed by atoms with Crippen molar-refractivity contribution in [3.05, 3.63) is 24.4 Å². The number of rotatable bonds is 6. The second kappa shape index (κ2) is 5.87. The van der Waals surface area contributed by atoms with Gasteiger partial charge in [0.05, 0.1) is 5.69 Å². The molecule has 2 heterocycles. The number of pyridine rings is 1. The summed E-state index contributed by atoms with van der Waals surface area (Å²) < 4.78 is 31.8. The molecule has 0 radical (unpaired) electrons. The molecule has 0 aromatic carbocycles. The van der Waals surface area contributed by atoms with E-state index in [9.17, 15) is 8.42 Å². The van der Waals surface area contributed by atoms with E-state index >= 15 is 0 Å². The molecular formula is C11H15N5O3S. The second-order valence-corrected chi connectivity index (χ2v) is 5.68. The zero-order chi connectivity index (χ0) is 14.6. The average molecular weight is 297 g/mol. The van der Waals surface area contributed by atoms with Crippen molar-refractivity contribution in [1.82, 2.24) is 15.2 Å². The van der Waals surface area contributed by atoms with Gasteiger partial charge in [-0.1, -0.05) is 12.0 Å². The molecule has 0 saturated carbocycles. The highest BCUT2D eigenvalue weighted by Crippen LogP contribution is 2.22. The average Bonchev–Trinajstić information content (AvgIpc) is 2.81. The molecule has 2 aromatic heterocycles. The first kappa shape index (κ1) is 14.3. The van der Waals surface area contributed by atoms with Crippen molar-refractivity contribution in [3.8, 4) is 0 Å². The van der Waals surface area contributed by atoms with Gasteiger partial charge in [0.25, 0.3) is 10.0 Å². The van der Waals surface area contributed by atoms with E-state index in [1.165, 1.54) is 12.4 Å². The number of hydrogen-bond acceptors (Lipinski definition) is 7. The highest BCUT2D eigenvalue weighted by atomic mass is 32.2. The molecule has 0 bridgehead atoms. The van der Waals surface area contributed by atoms with Crippen LogP contribution in [-0.2, 0) is 10.0 Å². The molecule has 0 aliphatic rings. The lowest BCUT2D eigenvalue weighted by Crippen LogP contribution is -2.16. The van der Waals surface area contributed by atoms with Gasteiger partial charge in [-0.15, -0.1) is 5.10 Å². The molecule has 0 saturated heterocycles. The van der Waals surface area contributed by atoms with Crippen LogP contribution in [0.5, 0.6) is 0 Å². The molecule has 0 aliphatic carbocycles. The van der Waals surface area contributed by atoms with Crippen LogP contribution in [0.1, 0.15) is 19.2 Å². The van der Waals surface area contributed by atoms with Gasteiger partial charge in [0, 0.05) is 25.9 Å². The van der Waals surface area contributed by atoms with Gasteiger partial charge in [-0.3, -0.25) is 4.98 Å². The number of anilines is 2. The fourth-order valence-corrected chi connectivity index (χ4v) is 2.56. The Balaban J connectivity index is 2.29. The summed E-state index contributed by atoms with van der Waals surface area (Å²) in [6, 6.07) is 1.43. The van der Waals surface area contributed by atoms with E-state index in [0.717, 1.165) is 6.42 Å². The number of aromatic nitrogens is 3. The summed E-state index contributed by atoms with van der Waals surface area (Å²) in [7, 11) is -3.83. The predicted molar refractivity (Wildman–Crippen MR) is 72.9 cm³/mol. The lowest BCUT2D eigenvalue weighted by atomic mass is 10.4. The quantitative estimate of drug-likeness (QED) is 0.829. The van der Waals surface area contributed by atoms with Crippen LogP contribution in [0.15, 0.2) is 27.8 Å². The van der Waals surface area contributed by atoms with Gasteiger partial charge in [-0.05, 0) is 12.5 Å². The van der Waals surface area contributed by atoms with Crippen molar-refractivity contribution >= 4 is 21.7 Å². The van der Waals surface area contributed by atoms with Crippen LogP contribution < -0.4 is 10.0 Å². The minimum atomic E-state index is -3.83. The molecule has 9 heteroatoms. The van der Waals surface area contributed by atoms with Crippen molar-refractivity contribution < 1.29 is 12.8 Å². The minimum absolute atomic E-state index is 0.0318. The zero-order valence-electron chi connectivity index (χ0n) is 11.1. The van der Waals surface area contributed by atoms with Crippen molar-refractivity contribution in [2.24, 2.45) is 0 Å². The van der Waals surface area contributed by atoms with Gasteiger partial charge in [0.2, 0.25) is 5.89 Å². The second-order valence-electron chi connectivity index (χ2n) is 4.03. The maximum absolute atomic E-state index is 12.3. The third-order valence-electron chi connectivity index (χ3n) is 2.39. The van der Waals surface area contributed by atoms with Gasteiger partial charge in [-0.25, -0.2) is 13.1 Å². The van der Waals surface area contributed by atoms with Crippen LogP contribution in [0.3, 0.4) is 0 Å². The summed E-state index contributed by atoms with van der Waals surface area (Å²) in [6.07, 6.45) is 3.66. The van der Waals surface area contributed by atoms with Crippen molar-refractivity contribution in [2.75, 3.05) is 16.6 Å². The first-order valence-corrected chi connectivity index (χ1v) is 7.52. The number of aryl methyl sites for hydroxylation is 1. The molecule has 0 atom stereocenters. The maximum atomic E-state index is 12.3. The molecule has 0 amide bonds. The molecule has 0 fully saturated rings. The van der Waals surface area contributed by atoms with Crippen LogP contribution in [0.4, 0.5) is 11.7 Å². The normalized spacial score (nSPS) is 11.3. The summed E-state index contributed by atoms with van der Waals surface area (Å²) in [6.45, 7) is 4.22. The summed E-state index contributed by atoms with van der Waals surface area (Å²) >= 11 is 0. The SMILES string of the molecule is CCCNc1ccncc1S(=O)(=O)Nc1nnc(C)o1. The van der Waals surface area contributed by atoms with Gasteiger partial charge in [0.1, 0.15) is 4.90 Å². The molecule has 2 aromatic rings. The number of nitrogens with one attached hydrogen (secondary N) is 2. The Labute approximate surface area is 116 Å². The summed E-state index contributed by atoms with van der Waals surface area (Å²) in [5.74, 6) is 0.276. The van der Waals surface area contributed by atoms with Gasteiger partial charge >= 0.3 is 6.01 Å². The first-order valence-electron chi connectivity index (χ1n) is 6.03. The fourth-order valence-electron chi connectivity index (χ4n) is 1.51. The number of hydrogen-bond donors (Lipinski definition) is 2. The largest absolute Gasteiger partial charge is 0.408 e. The lowest BCUT2D eigenvalue weighted by molar-refractivity contribution is 0.534. The van der Waals surface area contributed by atoms with E-state index in [2.05, 4.69) is 25.2 Å². The molecule has 20 heavy (non-hydrogen) atoms. The topological polar surface area (TPSA) is 110 Å². The highest BCUT2D eigenvalue weighted by Gasteiger charge is 2.21. The van der Waals surface area contributed by atoms with E-state index in [1.54, 1.807) is 13.0 Å². The Kier molecular flexibility index (Phi) is 4.18. The summed E-state index contributed by atoms with van der Waals surface area (Å²) in [5, 5.41) is 10.2. The third kappa shape index (κ3) is 3.23. The van der Waals surface area contributed by atoms with Crippen LogP contribution in [0, 0.1) is 6.92 Å². The highest BCUT2D eigenvalue weighted by molar-refractivity contribution is 7.92. The fraction of sp³-hybridized carbons (Fsp3) is 0.364.